The van der Waals surface area contributed by atoms with Crippen LogP contribution in [0.25, 0.3) is 11.3 Å². The molecule has 0 fully saturated rings. The molecule has 0 bridgehead atoms. The first-order chi connectivity index (χ1) is 16.5. The smallest absolute Gasteiger partial charge is 0.244 e. The molecule has 2 heterocycles. The summed E-state index contributed by atoms with van der Waals surface area (Å²) in [5.74, 6) is 2.13. The van der Waals surface area contributed by atoms with E-state index >= 15 is 0 Å². The van der Waals surface area contributed by atoms with Crippen molar-refractivity contribution in [1.82, 2.24) is 10.2 Å². The van der Waals surface area contributed by atoms with E-state index in [1.54, 1.807) is 38.5 Å². The minimum absolute atomic E-state index is 0.0160. The SMILES string of the molecule is COc1ccc(C2C(C#N)=C(N)Oc3n[nH]c(-c4cc(OC)c(OC)c(OC)c4)c32)cc1OC. The molecule has 4 rings (SSSR count). The normalized spacial score (nSPS) is 14.5. The van der Waals surface area contributed by atoms with Gasteiger partial charge in [0.25, 0.3) is 0 Å². The Morgan fingerprint density at radius 2 is 1.56 bits per heavy atom. The van der Waals surface area contributed by atoms with Crippen molar-refractivity contribution >= 4 is 0 Å². The van der Waals surface area contributed by atoms with Gasteiger partial charge in [0.15, 0.2) is 23.0 Å². The number of aromatic nitrogens is 2. The van der Waals surface area contributed by atoms with Gasteiger partial charge in [0.05, 0.1) is 52.7 Å². The molecule has 0 spiro atoms. The van der Waals surface area contributed by atoms with Crippen molar-refractivity contribution in [2.45, 2.75) is 5.92 Å². The van der Waals surface area contributed by atoms with E-state index in [2.05, 4.69) is 16.3 Å². The van der Waals surface area contributed by atoms with E-state index in [0.29, 0.717) is 45.6 Å². The van der Waals surface area contributed by atoms with Crippen LogP contribution >= 0.6 is 0 Å². The zero-order valence-corrected chi connectivity index (χ0v) is 19.4. The lowest BCUT2D eigenvalue weighted by Crippen LogP contribution is -2.21. The number of hydrogen-bond donors (Lipinski definition) is 2. The van der Waals surface area contributed by atoms with Crippen LogP contribution in [-0.2, 0) is 0 Å². The van der Waals surface area contributed by atoms with Gasteiger partial charge in [-0.1, -0.05) is 6.07 Å². The van der Waals surface area contributed by atoms with Crippen LogP contribution in [0.2, 0.25) is 0 Å². The predicted octanol–water partition coefficient (Wildman–Crippen LogP) is 3.34. The third kappa shape index (κ3) is 3.57. The molecular formula is C24H24N4O6. The maximum Gasteiger partial charge on any atom is 0.244 e. The van der Waals surface area contributed by atoms with Crippen LogP contribution in [-0.4, -0.2) is 45.7 Å². The summed E-state index contributed by atoms with van der Waals surface area (Å²) in [6.45, 7) is 0. The molecule has 176 valence electrons. The van der Waals surface area contributed by atoms with Gasteiger partial charge in [0.2, 0.25) is 17.5 Å². The number of methoxy groups -OCH3 is 5. The number of rotatable bonds is 7. The molecule has 3 aromatic rings. The van der Waals surface area contributed by atoms with Gasteiger partial charge in [-0.05, 0) is 29.8 Å². The van der Waals surface area contributed by atoms with E-state index in [0.717, 1.165) is 5.56 Å². The van der Waals surface area contributed by atoms with Crippen LogP contribution < -0.4 is 34.2 Å². The molecule has 2 aromatic carbocycles. The molecule has 1 aromatic heterocycles. The van der Waals surface area contributed by atoms with Crippen molar-refractivity contribution in [3.8, 4) is 52.0 Å². The van der Waals surface area contributed by atoms with Crippen LogP contribution in [0, 0.1) is 11.3 Å². The van der Waals surface area contributed by atoms with Gasteiger partial charge in [-0.2, -0.15) is 5.26 Å². The molecule has 34 heavy (non-hydrogen) atoms. The van der Waals surface area contributed by atoms with Crippen LogP contribution in [0.1, 0.15) is 17.0 Å². The third-order valence-corrected chi connectivity index (χ3v) is 5.63. The lowest BCUT2D eigenvalue weighted by Gasteiger charge is -2.25. The zero-order chi connectivity index (χ0) is 24.4. The van der Waals surface area contributed by atoms with Gasteiger partial charge in [-0.3, -0.25) is 5.10 Å². The molecule has 3 N–H and O–H groups in total. The summed E-state index contributed by atoms with van der Waals surface area (Å²) in [6.07, 6.45) is 0. The maximum absolute atomic E-state index is 9.97. The van der Waals surface area contributed by atoms with Gasteiger partial charge in [0.1, 0.15) is 11.6 Å². The van der Waals surface area contributed by atoms with Crippen molar-refractivity contribution in [3.05, 3.63) is 52.9 Å². The number of H-pyrrole nitrogens is 1. The van der Waals surface area contributed by atoms with Crippen molar-refractivity contribution in [3.63, 3.8) is 0 Å². The predicted molar refractivity (Wildman–Crippen MR) is 123 cm³/mol. The second kappa shape index (κ2) is 9.15. The van der Waals surface area contributed by atoms with E-state index in [9.17, 15) is 5.26 Å². The zero-order valence-electron chi connectivity index (χ0n) is 19.4. The summed E-state index contributed by atoms with van der Waals surface area (Å²) in [6, 6.07) is 11.2. The number of aromatic amines is 1. The number of ether oxygens (including phenoxy) is 6. The summed E-state index contributed by atoms with van der Waals surface area (Å²) < 4.78 is 33.0. The minimum Gasteiger partial charge on any atom is -0.493 e. The number of benzene rings is 2. The molecule has 1 unspecified atom stereocenters. The molecule has 1 atom stereocenters. The minimum atomic E-state index is -0.582. The first-order valence-corrected chi connectivity index (χ1v) is 10.2. The van der Waals surface area contributed by atoms with Gasteiger partial charge >= 0.3 is 0 Å². The molecule has 1 aliphatic rings. The molecule has 0 radical (unpaired) electrons. The summed E-state index contributed by atoms with van der Waals surface area (Å²) in [7, 11) is 7.71. The summed E-state index contributed by atoms with van der Waals surface area (Å²) in [5, 5.41) is 17.3. The average molecular weight is 464 g/mol. The van der Waals surface area contributed by atoms with E-state index in [-0.39, 0.29) is 17.3 Å². The quantitative estimate of drug-likeness (QED) is 0.540. The number of nitrogens with two attached hydrogens (primary N) is 1. The Bertz CT molecular complexity index is 1280. The van der Waals surface area contributed by atoms with Gasteiger partial charge in [0, 0.05) is 5.56 Å². The largest absolute Gasteiger partial charge is 0.493 e. The summed E-state index contributed by atoms with van der Waals surface area (Å²) in [4.78, 5) is 0. The Kier molecular flexibility index (Phi) is 6.10. The number of nitriles is 1. The third-order valence-electron chi connectivity index (χ3n) is 5.63. The lowest BCUT2D eigenvalue weighted by atomic mass is 9.83. The number of hydrogen-bond acceptors (Lipinski definition) is 9. The molecular weight excluding hydrogens is 440 g/mol. The highest BCUT2D eigenvalue weighted by molar-refractivity contribution is 5.75. The van der Waals surface area contributed by atoms with Crippen molar-refractivity contribution in [2.24, 2.45) is 5.73 Å². The lowest BCUT2D eigenvalue weighted by molar-refractivity contribution is 0.324. The summed E-state index contributed by atoms with van der Waals surface area (Å²) >= 11 is 0. The van der Waals surface area contributed by atoms with E-state index < -0.39 is 5.92 Å². The number of nitrogens with zero attached hydrogens (tertiary/aromatic N) is 2. The Balaban J connectivity index is 1.96. The molecule has 10 heteroatoms. The average Bonchev–Trinajstić information content (AvgIpc) is 3.29. The number of fused-ring (bicyclic) bond motifs is 1. The van der Waals surface area contributed by atoms with E-state index in [1.807, 2.05) is 6.07 Å². The first kappa shape index (κ1) is 22.7. The van der Waals surface area contributed by atoms with Crippen LogP contribution in [0.15, 0.2) is 41.8 Å². The van der Waals surface area contributed by atoms with Crippen LogP contribution in [0.4, 0.5) is 0 Å². The standard InChI is InChI=1S/C24H24N4O6/c1-29-15-7-6-12(8-16(15)30-2)19-14(11-25)23(26)34-24-20(19)21(27-28-24)13-9-17(31-3)22(33-5)18(10-13)32-4/h6-10,19H,26H2,1-5H3,(H,27,28). The van der Waals surface area contributed by atoms with E-state index in [4.69, 9.17) is 34.2 Å². The second-order valence-electron chi connectivity index (χ2n) is 7.27. The Hall–Kier alpha value is -4.52. The number of nitrogens with one attached hydrogen (secondary N) is 1. The summed E-state index contributed by atoms with van der Waals surface area (Å²) in [5.41, 5.74) is 9.02. The van der Waals surface area contributed by atoms with Crippen molar-refractivity contribution < 1.29 is 28.4 Å². The Morgan fingerprint density at radius 3 is 2.12 bits per heavy atom. The van der Waals surface area contributed by atoms with Gasteiger partial charge < -0.3 is 34.2 Å². The highest BCUT2D eigenvalue weighted by Crippen LogP contribution is 2.49. The molecule has 10 nitrogen and oxygen atoms in total. The Morgan fingerprint density at radius 1 is 0.912 bits per heavy atom. The maximum atomic E-state index is 9.97. The van der Waals surface area contributed by atoms with Crippen molar-refractivity contribution in [1.29, 1.82) is 5.26 Å². The topological polar surface area (TPSA) is 134 Å². The number of allylic oxidation sites excluding steroid dienone is 1. The molecule has 0 saturated carbocycles. The molecule has 0 aliphatic carbocycles. The van der Waals surface area contributed by atoms with Crippen LogP contribution in [0.3, 0.4) is 0 Å². The second-order valence-corrected chi connectivity index (χ2v) is 7.27. The van der Waals surface area contributed by atoms with Gasteiger partial charge in [-0.15, -0.1) is 5.10 Å². The highest BCUT2D eigenvalue weighted by Gasteiger charge is 2.36. The van der Waals surface area contributed by atoms with Crippen molar-refractivity contribution in [2.75, 3.05) is 35.5 Å². The fraction of sp³-hybridized carbons (Fsp3) is 0.250. The monoisotopic (exact) mass is 464 g/mol. The molecule has 1 aliphatic heterocycles. The highest BCUT2D eigenvalue weighted by atomic mass is 16.5. The molecule has 0 saturated heterocycles. The fourth-order valence-corrected chi connectivity index (χ4v) is 4.06. The fourth-order valence-electron chi connectivity index (χ4n) is 4.06. The first-order valence-electron chi connectivity index (χ1n) is 10.2. The molecule has 0 amide bonds. The van der Waals surface area contributed by atoms with Crippen LogP contribution in [0.5, 0.6) is 34.6 Å². The van der Waals surface area contributed by atoms with Gasteiger partial charge in [-0.25, -0.2) is 0 Å². The Labute approximate surface area is 196 Å². The van der Waals surface area contributed by atoms with E-state index in [1.165, 1.54) is 21.3 Å².